The van der Waals surface area contributed by atoms with Crippen LogP contribution in [0.4, 0.5) is 17.1 Å². The van der Waals surface area contributed by atoms with E-state index in [0.717, 1.165) is 28.6 Å². The Morgan fingerprint density at radius 2 is 0.935 bits per heavy atom. The van der Waals surface area contributed by atoms with Crippen LogP contribution in [0, 0.1) is 0 Å². The van der Waals surface area contributed by atoms with Gasteiger partial charge in [0.15, 0.2) is 0 Å². The number of anilines is 3. The van der Waals surface area contributed by atoms with E-state index in [1.807, 2.05) is 12.1 Å². The summed E-state index contributed by atoms with van der Waals surface area (Å²) in [5.74, 6) is 1.74. The van der Waals surface area contributed by atoms with Crippen LogP contribution < -0.4 is 43.1 Å². The topological polar surface area (TPSA) is 12.5 Å². The maximum absolute atomic E-state index is 6.42. The summed E-state index contributed by atoms with van der Waals surface area (Å²) in [6.07, 6.45) is 0. The van der Waals surface area contributed by atoms with Crippen molar-refractivity contribution in [2.24, 2.45) is 0 Å². The molecule has 0 radical (unpaired) electrons. The van der Waals surface area contributed by atoms with Gasteiger partial charge in [-0.3, -0.25) is 0 Å². The Hall–Kier alpha value is -4.89. The third-order valence-electron chi connectivity index (χ3n) is 9.29. The summed E-state index contributed by atoms with van der Waals surface area (Å²) in [5.41, 5.74) is 3.27. The molecule has 7 aromatic carbocycles. The summed E-state index contributed by atoms with van der Waals surface area (Å²) >= 11 is -3.56. The molecule has 0 spiro atoms. The summed E-state index contributed by atoms with van der Waals surface area (Å²) < 4.78 is 12.3. The number of rotatable bonds is 4. The van der Waals surface area contributed by atoms with E-state index in [2.05, 4.69) is 175 Å². The van der Waals surface area contributed by atoms with Gasteiger partial charge in [0, 0.05) is 0 Å². The number of fused-ring (bicyclic) bond motifs is 4. The number of ether oxygens (including phenoxy) is 1. The fourth-order valence-electron chi connectivity index (χ4n) is 7.42. The van der Waals surface area contributed by atoms with E-state index < -0.39 is 21.2 Å². The standard InChI is InChI=1S/C42H30GeNOP/c1-4-16-31(17-5-1)43(32-18-6-2-7-19-32)35-22-10-15-27-41(35)46(34-20-8-3-9-21-34)42-29-28-33(30-36(42)43)44-37-23-11-13-25-39(37)45-40-26-14-12-24-38(40)44/h1-30H. The normalized spacial score (nSPS) is 15.5. The predicted molar refractivity (Wildman–Crippen MR) is 197 cm³/mol. The Morgan fingerprint density at radius 3 is 1.57 bits per heavy atom. The zero-order valence-electron chi connectivity index (χ0n) is 25.1. The van der Waals surface area contributed by atoms with Gasteiger partial charge in [-0.2, -0.15) is 0 Å². The average molecular weight is 668 g/mol. The fourth-order valence-corrected chi connectivity index (χ4v) is 23.2. The van der Waals surface area contributed by atoms with Gasteiger partial charge in [-0.05, 0) is 0 Å². The molecule has 2 aliphatic heterocycles. The summed E-state index contributed by atoms with van der Waals surface area (Å²) in [6, 6.07) is 67.3. The van der Waals surface area contributed by atoms with Gasteiger partial charge in [0.2, 0.25) is 0 Å². The molecule has 2 nitrogen and oxygen atoms in total. The van der Waals surface area contributed by atoms with Gasteiger partial charge in [-0.15, -0.1) is 0 Å². The Balaban J connectivity index is 1.40. The van der Waals surface area contributed by atoms with Crippen molar-refractivity contribution in [1.82, 2.24) is 0 Å². The van der Waals surface area contributed by atoms with Gasteiger partial charge in [0.25, 0.3) is 0 Å². The Labute approximate surface area is 273 Å². The Bertz CT molecular complexity index is 2120. The second-order valence-electron chi connectivity index (χ2n) is 11.7. The molecule has 0 bridgehead atoms. The first-order valence-corrected chi connectivity index (χ1v) is 21.2. The Morgan fingerprint density at radius 1 is 0.435 bits per heavy atom. The SMILES string of the molecule is c1ccc(P2c3cccc[c]3[Ge]([c]3ccccc3)([c]3ccccc3)[c]3cc(N4c5ccccc5Oc5ccccc54)ccc32)cc1. The average Bonchev–Trinajstić information content (AvgIpc) is 3.14. The third-order valence-corrected chi connectivity index (χ3v) is 22.9. The Kier molecular flexibility index (Phi) is 6.66. The van der Waals surface area contributed by atoms with Gasteiger partial charge >= 0.3 is 275 Å². The van der Waals surface area contributed by atoms with Crippen LogP contribution in [0.5, 0.6) is 11.5 Å². The molecule has 1 unspecified atom stereocenters. The van der Waals surface area contributed by atoms with E-state index >= 15 is 0 Å². The number of hydrogen-bond acceptors (Lipinski definition) is 2. The van der Waals surface area contributed by atoms with Crippen molar-refractivity contribution >= 4 is 71.7 Å². The predicted octanol–water partition coefficient (Wildman–Crippen LogP) is 6.71. The number of para-hydroxylation sites is 4. The van der Waals surface area contributed by atoms with Crippen molar-refractivity contribution in [1.29, 1.82) is 0 Å². The van der Waals surface area contributed by atoms with Gasteiger partial charge in [0.1, 0.15) is 0 Å². The summed E-state index contributed by atoms with van der Waals surface area (Å²) in [5, 5.41) is 4.34. The first kappa shape index (κ1) is 27.4. The van der Waals surface area contributed by atoms with Crippen LogP contribution in [-0.2, 0) is 0 Å². The second-order valence-corrected chi connectivity index (χ2v) is 21.7. The fraction of sp³-hybridized carbons (Fsp3) is 0. The molecule has 0 aromatic heterocycles. The molecular formula is C42H30GeNOP. The summed E-state index contributed by atoms with van der Waals surface area (Å²) in [7, 11) is -0.769. The van der Waals surface area contributed by atoms with Crippen molar-refractivity contribution in [3.8, 4) is 11.5 Å². The van der Waals surface area contributed by atoms with Gasteiger partial charge < -0.3 is 0 Å². The van der Waals surface area contributed by atoms with Crippen LogP contribution in [0.25, 0.3) is 0 Å². The third kappa shape index (κ3) is 4.14. The molecule has 0 aliphatic carbocycles. The van der Waals surface area contributed by atoms with E-state index in [1.54, 1.807) is 0 Å². The molecule has 1 atom stereocenters. The molecule has 0 fully saturated rings. The molecule has 218 valence electrons. The minimum atomic E-state index is -3.56. The minimum absolute atomic E-state index is 0.769. The summed E-state index contributed by atoms with van der Waals surface area (Å²) in [4.78, 5) is 2.39. The van der Waals surface area contributed by atoms with Crippen LogP contribution in [0.3, 0.4) is 0 Å². The molecule has 0 amide bonds. The van der Waals surface area contributed by atoms with Gasteiger partial charge in [0.05, 0.1) is 0 Å². The van der Waals surface area contributed by atoms with Crippen molar-refractivity contribution in [2.75, 3.05) is 4.90 Å². The van der Waals surface area contributed by atoms with Gasteiger partial charge in [-0.25, -0.2) is 0 Å². The van der Waals surface area contributed by atoms with Crippen molar-refractivity contribution < 1.29 is 4.74 Å². The van der Waals surface area contributed by atoms with Crippen LogP contribution in [0.1, 0.15) is 0 Å². The zero-order chi connectivity index (χ0) is 30.5. The van der Waals surface area contributed by atoms with Crippen molar-refractivity contribution in [3.63, 3.8) is 0 Å². The van der Waals surface area contributed by atoms with Crippen LogP contribution in [0.15, 0.2) is 182 Å². The van der Waals surface area contributed by atoms with Crippen molar-refractivity contribution in [2.45, 2.75) is 0 Å². The van der Waals surface area contributed by atoms with Gasteiger partial charge in [-0.1, -0.05) is 0 Å². The monoisotopic (exact) mass is 669 g/mol. The first-order chi connectivity index (χ1) is 22.8. The first-order valence-electron chi connectivity index (χ1n) is 15.7. The second kappa shape index (κ2) is 11.2. The van der Waals surface area contributed by atoms with Crippen LogP contribution >= 0.6 is 7.92 Å². The zero-order valence-corrected chi connectivity index (χ0v) is 28.1. The number of hydrogen-bond donors (Lipinski definition) is 0. The quantitative estimate of drug-likeness (QED) is 0.153. The van der Waals surface area contributed by atoms with E-state index in [0.29, 0.717) is 0 Å². The molecule has 7 aromatic rings. The summed E-state index contributed by atoms with van der Waals surface area (Å²) in [6.45, 7) is 0. The van der Waals surface area contributed by atoms with Crippen molar-refractivity contribution in [3.05, 3.63) is 182 Å². The number of benzene rings is 7. The molecule has 0 N–H and O–H groups in total. The molecule has 0 saturated heterocycles. The maximum atomic E-state index is 6.42. The molecule has 4 heteroatoms. The van der Waals surface area contributed by atoms with E-state index in [4.69, 9.17) is 4.74 Å². The molecule has 2 heterocycles. The molecular weight excluding hydrogens is 638 g/mol. The van der Waals surface area contributed by atoms with E-state index in [1.165, 1.54) is 33.5 Å². The molecule has 2 aliphatic rings. The number of nitrogens with zero attached hydrogens (tertiary/aromatic N) is 1. The van der Waals surface area contributed by atoms with Crippen LogP contribution in [-0.4, -0.2) is 13.3 Å². The molecule has 46 heavy (non-hydrogen) atoms. The van der Waals surface area contributed by atoms with E-state index in [9.17, 15) is 0 Å². The molecule has 0 saturated carbocycles. The molecule has 9 rings (SSSR count). The van der Waals surface area contributed by atoms with E-state index in [-0.39, 0.29) is 0 Å². The van der Waals surface area contributed by atoms with Crippen LogP contribution in [0.2, 0.25) is 0 Å².